The molecule has 0 unspecified atom stereocenters. The van der Waals surface area contributed by atoms with Crippen molar-refractivity contribution in [1.82, 2.24) is 0 Å². The third-order valence-electron chi connectivity index (χ3n) is 2.50. The molecule has 0 atom stereocenters. The van der Waals surface area contributed by atoms with Gasteiger partial charge in [-0.1, -0.05) is 30.3 Å². The first-order chi connectivity index (χ1) is 8.29. The van der Waals surface area contributed by atoms with Crippen molar-refractivity contribution in [2.75, 3.05) is 0 Å². The lowest BCUT2D eigenvalue weighted by Crippen LogP contribution is -2.02. The summed E-state index contributed by atoms with van der Waals surface area (Å²) < 4.78 is 5.68. The zero-order valence-corrected chi connectivity index (χ0v) is 9.47. The molecule has 0 heterocycles. The molecule has 3 nitrogen and oxygen atoms in total. The Morgan fingerprint density at radius 1 is 1.06 bits per heavy atom. The first-order valence-electron chi connectivity index (χ1n) is 5.48. The van der Waals surface area contributed by atoms with Crippen molar-refractivity contribution < 1.29 is 9.84 Å². The molecule has 3 N–H and O–H groups in total. The van der Waals surface area contributed by atoms with Crippen LogP contribution in [0.15, 0.2) is 48.5 Å². The molecule has 0 amide bonds. The van der Waals surface area contributed by atoms with Crippen LogP contribution in [-0.4, -0.2) is 5.11 Å². The minimum absolute atomic E-state index is 0.248. The number of para-hydroxylation sites is 1. The molecule has 0 radical (unpaired) electrons. The summed E-state index contributed by atoms with van der Waals surface area (Å²) in [4.78, 5) is 0. The molecule has 2 aromatic carbocycles. The van der Waals surface area contributed by atoms with E-state index in [1.54, 1.807) is 18.2 Å². The van der Waals surface area contributed by atoms with Gasteiger partial charge in [-0.25, -0.2) is 0 Å². The van der Waals surface area contributed by atoms with E-state index in [4.69, 9.17) is 10.5 Å². The summed E-state index contributed by atoms with van der Waals surface area (Å²) in [6, 6.07) is 14.7. The number of benzene rings is 2. The first-order valence-corrected chi connectivity index (χ1v) is 5.48. The number of rotatable bonds is 4. The average molecular weight is 229 g/mol. The zero-order chi connectivity index (χ0) is 12.1. The van der Waals surface area contributed by atoms with Gasteiger partial charge in [0.1, 0.15) is 18.1 Å². The summed E-state index contributed by atoms with van der Waals surface area (Å²) in [6.07, 6.45) is 0. The number of nitrogens with two attached hydrogens (primary N) is 1. The van der Waals surface area contributed by atoms with Crippen LogP contribution in [0.2, 0.25) is 0 Å². The van der Waals surface area contributed by atoms with Gasteiger partial charge in [-0.05, 0) is 23.8 Å². The van der Waals surface area contributed by atoms with E-state index in [9.17, 15) is 5.11 Å². The van der Waals surface area contributed by atoms with Gasteiger partial charge in [-0.2, -0.15) is 0 Å². The Bertz CT molecular complexity index is 497. The molecule has 0 bridgehead atoms. The van der Waals surface area contributed by atoms with Gasteiger partial charge in [0.15, 0.2) is 0 Å². The van der Waals surface area contributed by atoms with Crippen LogP contribution in [-0.2, 0) is 13.2 Å². The molecule has 3 heteroatoms. The second-order valence-corrected chi connectivity index (χ2v) is 3.77. The van der Waals surface area contributed by atoms with Crippen LogP contribution >= 0.6 is 0 Å². The average Bonchev–Trinajstić information content (AvgIpc) is 2.37. The van der Waals surface area contributed by atoms with Crippen LogP contribution < -0.4 is 10.5 Å². The Labute approximate surface area is 100 Å². The van der Waals surface area contributed by atoms with Gasteiger partial charge in [0, 0.05) is 12.1 Å². The van der Waals surface area contributed by atoms with Crippen molar-refractivity contribution in [2.24, 2.45) is 5.73 Å². The van der Waals surface area contributed by atoms with Gasteiger partial charge in [0.05, 0.1) is 0 Å². The molecule has 0 aliphatic heterocycles. The van der Waals surface area contributed by atoms with E-state index in [0.717, 1.165) is 16.9 Å². The molecule has 0 aliphatic carbocycles. The second-order valence-electron chi connectivity index (χ2n) is 3.77. The van der Waals surface area contributed by atoms with E-state index in [2.05, 4.69) is 0 Å². The lowest BCUT2D eigenvalue weighted by molar-refractivity contribution is 0.302. The van der Waals surface area contributed by atoms with Gasteiger partial charge in [0.2, 0.25) is 0 Å². The second kappa shape index (κ2) is 5.37. The van der Waals surface area contributed by atoms with Gasteiger partial charge < -0.3 is 15.6 Å². The Kier molecular flexibility index (Phi) is 3.62. The van der Waals surface area contributed by atoms with E-state index in [0.29, 0.717) is 13.2 Å². The lowest BCUT2D eigenvalue weighted by atomic mass is 10.2. The van der Waals surface area contributed by atoms with Crippen molar-refractivity contribution in [3.05, 3.63) is 59.7 Å². The fourth-order valence-corrected chi connectivity index (χ4v) is 1.62. The molecular formula is C14H15NO2. The third-order valence-corrected chi connectivity index (χ3v) is 2.50. The Morgan fingerprint density at radius 2 is 1.88 bits per heavy atom. The maximum Gasteiger partial charge on any atom is 0.124 e. The number of phenolic OH excluding ortho intramolecular Hbond substituents is 1. The van der Waals surface area contributed by atoms with Crippen molar-refractivity contribution in [1.29, 1.82) is 0 Å². The van der Waals surface area contributed by atoms with Gasteiger partial charge >= 0.3 is 0 Å². The van der Waals surface area contributed by atoms with Crippen LogP contribution in [0, 0.1) is 0 Å². The van der Waals surface area contributed by atoms with Crippen molar-refractivity contribution in [2.45, 2.75) is 13.2 Å². The van der Waals surface area contributed by atoms with E-state index in [1.165, 1.54) is 0 Å². The molecule has 0 saturated carbocycles. The van der Waals surface area contributed by atoms with Crippen LogP contribution in [0.4, 0.5) is 0 Å². The number of ether oxygens (including phenoxy) is 1. The summed E-state index contributed by atoms with van der Waals surface area (Å²) in [7, 11) is 0. The zero-order valence-electron chi connectivity index (χ0n) is 9.47. The van der Waals surface area contributed by atoms with Crippen LogP contribution in [0.25, 0.3) is 0 Å². The SMILES string of the molecule is NCc1ccccc1OCc1cccc(O)c1. The highest BCUT2D eigenvalue weighted by Crippen LogP contribution is 2.19. The van der Waals surface area contributed by atoms with Crippen molar-refractivity contribution >= 4 is 0 Å². The fourth-order valence-electron chi connectivity index (χ4n) is 1.62. The van der Waals surface area contributed by atoms with Gasteiger partial charge in [-0.15, -0.1) is 0 Å². The maximum atomic E-state index is 9.34. The van der Waals surface area contributed by atoms with Gasteiger partial charge in [0.25, 0.3) is 0 Å². The molecule has 2 rings (SSSR count). The van der Waals surface area contributed by atoms with Gasteiger partial charge in [-0.3, -0.25) is 0 Å². The van der Waals surface area contributed by atoms with Crippen LogP contribution in [0.1, 0.15) is 11.1 Å². The molecule has 0 spiro atoms. The quantitative estimate of drug-likeness (QED) is 0.846. The summed E-state index contributed by atoms with van der Waals surface area (Å²) in [5, 5.41) is 9.34. The van der Waals surface area contributed by atoms with Crippen LogP contribution in [0.5, 0.6) is 11.5 Å². The molecule has 0 aliphatic rings. The Morgan fingerprint density at radius 3 is 2.65 bits per heavy atom. The van der Waals surface area contributed by atoms with Crippen LogP contribution in [0.3, 0.4) is 0 Å². The van der Waals surface area contributed by atoms with E-state index >= 15 is 0 Å². The minimum Gasteiger partial charge on any atom is -0.508 e. The normalized spacial score (nSPS) is 10.2. The summed E-state index contributed by atoms with van der Waals surface area (Å²) in [6.45, 7) is 0.877. The summed E-state index contributed by atoms with van der Waals surface area (Å²) >= 11 is 0. The molecule has 0 aromatic heterocycles. The lowest BCUT2D eigenvalue weighted by Gasteiger charge is -2.10. The maximum absolute atomic E-state index is 9.34. The van der Waals surface area contributed by atoms with E-state index < -0.39 is 0 Å². The predicted octanol–water partition coefficient (Wildman–Crippen LogP) is 2.43. The van der Waals surface area contributed by atoms with Crippen molar-refractivity contribution in [3.8, 4) is 11.5 Å². The molecule has 17 heavy (non-hydrogen) atoms. The minimum atomic E-state index is 0.248. The Hall–Kier alpha value is -2.00. The van der Waals surface area contributed by atoms with E-state index in [1.807, 2.05) is 30.3 Å². The molecule has 2 aromatic rings. The first kappa shape index (κ1) is 11.5. The van der Waals surface area contributed by atoms with Crippen molar-refractivity contribution in [3.63, 3.8) is 0 Å². The smallest absolute Gasteiger partial charge is 0.124 e. The Balaban J connectivity index is 2.07. The number of phenols is 1. The largest absolute Gasteiger partial charge is 0.508 e. The summed E-state index contributed by atoms with van der Waals surface area (Å²) in [5.41, 5.74) is 7.53. The third kappa shape index (κ3) is 2.98. The molecular weight excluding hydrogens is 214 g/mol. The molecule has 88 valence electrons. The predicted molar refractivity (Wildman–Crippen MR) is 66.8 cm³/mol. The number of aromatic hydroxyl groups is 1. The monoisotopic (exact) mass is 229 g/mol. The fraction of sp³-hybridized carbons (Fsp3) is 0.143. The molecule has 0 saturated heterocycles. The standard InChI is InChI=1S/C14H15NO2/c15-9-12-5-1-2-7-14(12)17-10-11-4-3-6-13(16)8-11/h1-8,16H,9-10,15H2. The van der Waals surface area contributed by atoms with E-state index in [-0.39, 0.29) is 5.75 Å². The topological polar surface area (TPSA) is 55.5 Å². The molecule has 0 fully saturated rings. The highest BCUT2D eigenvalue weighted by molar-refractivity contribution is 5.34. The summed E-state index contributed by atoms with van der Waals surface area (Å²) in [5.74, 6) is 1.04. The number of hydrogen-bond donors (Lipinski definition) is 2. The number of hydrogen-bond acceptors (Lipinski definition) is 3. The highest BCUT2D eigenvalue weighted by Gasteiger charge is 2.01. The highest BCUT2D eigenvalue weighted by atomic mass is 16.5.